The number of nitrogens with one attached hydrogen (secondary N) is 1. The van der Waals surface area contributed by atoms with Gasteiger partial charge in [-0.2, -0.15) is 0 Å². The number of amides is 2. The molecule has 2 heterocycles. The molecule has 1 aromatic rings. The van der Waals surface area contributed by atoms with Gasteiger partial charge in [-0.1, -0.05) is 0 Å². The highest BCUT2D eigenvalue weighted by Crippen LogP contribution is 2.19. The van der Waals surface area contributed by atoms with Gasteiger partial charge in [0.1, 0.15) is 0 Å². The zero-order valence-corrected chi connectivity index (χ0v) is 13.3. The average Bonchev–Trinajstić information content (AvgIpc) is 2.74. The first-order valence-corrected chi connectivity index (χ1v) is 7.98. The fourth-order valence-electron chi connectivity index (χ4n) is 2.68. The largest absolute Gasteiger partial charge is 0.369 e. The highest BCUT2D eigenvalue weighted by Gasteiger charge is 2.26. The van der Waals surface area contributed by atoms with E-state index in [2.05, 4.69) is 10.3 Å². The Kier molecular flexibility index (Phi) is 5.30. The lowest BCUT2D eigenvalue weighted by atomic mass is 9.97. The van der Waals surface area contributed by atoms with Crippen molar-refractivity contribution in [2.24, 2.45) is 11.7 Å². The second kappa shape index (κ2) is 7.00. The predicted molar refractivity (Wildman–Crippen MR) is 81.8 cm³/mol. The second-order valence-corrected chi connectivity index (χ2v) is 6.79. The molecule has 116 valence electrons. The zero-order valence-electron chi connectivity index (χ0n) is 12.5. The number of thiazole rings is 1. The van der Waals surface area contributed by atoms with E-state index in [-0.39, 0.29) is 24.3 Å². The van der Waals surface area contributed by atoms with Crippen LogP contribution in [-0.2, 0) is 16.1 Å². The lowest BCUT2D eigenvalue weighted by Crippen LogP contribution is -2.45. The molecule has 7 heteroatoms. The number of primary amides is 1. The summed E-state index contributed by atoms with van der Waals surface area (Å²) < 4.78 is 0. The standard InChI is InChI=1S/C14H22N4O2S/c1-9-12(21-10(2)17-9)6-16-14(20)11-4-3-5-18(7-11)8-13(15)19/h11H,3-8H2,1-2H3,(H2,15,19)(H,16,20)/t11-/m1/s1. The number of likely N-dealkylation sites (tertiary alicyclic amines) is 1. The van der Waals surface area contributed by atoms with Crippen molar-refractivity contribution < 1.29 is 9.59 Å². The van der Waals surface area contributed by atoms with Gasteiger partial charge < -0.3 is 11.1 Å². The van der Waals surface area contributed by atoms with Crippen LogP contribution in [0.25, 0.3) is 0 Å². The third kappa shape index (κ3) is 4.50. The molecule has 2 rings (SSSR count). The molecule has 1 aliphatic rings. The lowest BCUT2D eigenvalue weighted by Gasteiger charge is -2.30. The maximum atomic E-state index is 12.3. The van der Waals surface area contributed by atoms with Gasteiger partial charge in [0.15, 0.2) is 0 Å². The Morgan fingerprint density at radius 2 is 2.24 bits per heavy atom. The molecule has 0 aliphatic carbocycles. The minimum absolute atomic E-state index is 0.0506. The summed E-state index contributed by atoms with van der Waals surface area (Å²) in [5.74, 6) is -0.353. The third-order valence-electron chi connectivity index (χ3n) is 3.68. The highest BCUT2D eigenvalue weighted by molar-refractivity contribution is 7.11. The molecule has 0 bridgehead atoms. The van der Waals surface area contributed by atoms with E-state index in [1.807, 2.05) is 18.7 Å². The van der Waals surface area contributed by atoms with E-state index in [4.69, 9.17) is 5.73 Å². The smallest absolute Gasteiger partial charge is 0.231 e. The Morgan fingerprint density at radius 1 is 1.48 bits per heavy atom. The number of piperidine rings is 1. The summed E-state index contributed by atoms with van der Waals surface area (Å²) in [6.07, 6.45) is 1.78. The number of aryl methyl sites for hydroxylation is 2. The first kappa shape index (κ1) is 15.9. The number of hydrogen-bond acceptors (Lipinski definition) is 5. The summed E-state index contributed by atoms with van der Waals surface area (Å²) in [4.78, 5) is 30.6. The summed E-state index contributed by atoms with van der Waals surface area (Å²) in [5, 5.41) is 4.00. The van der Waals surface area contributed by atoms with Crippen molar-refractivity contribution in [3.63, 3.8) is 0 Å². The van der Waals surface area contributed by atoms with Crippen LogP contribution in [0, 0.1) is 19.8 Å². The summed E-state index contributed by atoms with van der Waals surface area (Å²) in [7, 11) is 0. The van der Waals surface area contributed by atoms with Gasteiger partial charge >= 0.3 is 0 Å². The first-order chi connectivity index (χ1) is 9.95. The van der Waals surface area contributed by atoms with Crippen LogP contribution < -0.4 is 11.1 Å². The topological polar surface area (TPSA) is 88.3 Å². The van der Waals surface area contributed by atoms with Gasteiger partial charge in [-0.05, 0) is 33.2 Å². The minimum Gasteiger partial charge on any atom is -0.369 e. The molecule has 21 heavy (non-hydrogen) atoms. The number of nitrogens with zero attached hydrogens (tertiary/aromatic N) is 2. The van der Waals surface area contributed by atoms with Crippen LogP contribution >= 0.6 is 11.3 Å². The minimum atomic E-state index is -0.341. The van der Waals surface area contributed by atoms with E-state index in [9.17, 15) is 9.59 Å². The number of rotatable bonds is 5. The average molecular weight is 310 g/mol. The molecule has 0 aromatic carbocycles. The molecule has 6 nitrogen and oxygen atoms in total. The molecule has 1 aromatic heterocycles. The SMILES string of the molecule is Cc1nc(C)c(CNC(=O)[C@@H]2CCCN(CC(N)=O)C2)s1. The molecule has 0 saturated carbocycles. The van der Waals surface area contributed by atoms with Gasteiger partial charge in [0.05, 0.1) is 29.7 Å². The van der Waals surface area contributed by atoms with E-state index in [1.54, 1.807) is 11.3 Å². The maximum absolute atomic E-state index is 12.3. The van der Waals surface area contributed by atoms with Crippen LogP contribution in [0.1, 0.15) is 28.4 Å². The molecular weight excluding hydrogens is 288 g/mol. The Hall–Kier alpha value is -1.47. The van der Waals surface area contributed by atoms with Crippen molar-refractivity contribution in [2.75, 3.05) is 19.6 Å². The quantitative estimate of drug-likeness (QED) is 0.832. The van der Waals surface area contributed by atoms with E-state index in [0.29, 0.717) is 13.1 Å². The van der Waals surface area contributed by atoms with Crippen LogP contribution in [0.4, 0.5) is 0 Å². The van der Waals surface area contributed by atoms with Gasteiger partial charge in [0.2, 0.25) is 11.8 Å². The van der Waals surface area contributed by atoms with Crippen LogP contribution in [-0.4, -0.2) is 41.3 Å². The van der Waals surface area contributed by atoms with Crippen molar-refractivity contribution in [1.82, 2.24) is 15.2 Å². The molecule has 1 saturated heterocycles. The number of nitrogens with two attached hydrogens (primary N) is 1. The van der Waals surface area contributed by atoms with E-state index in [1.165, 1.54) is 0 Å². The summed E-state index contributed by atoms with van der Waals surface area (Å²) in [6.45, 7) is 6.13. The van der Waals surface area contributed by atoms with Crippen LogP contribution in [0.15, 0.2) is 0 Å². The Balaban J connectivity index is 1.85. The van der Waals surface area contributed by atoms with Crippen molar-refractivity contribution >= 4 is 23.2 Å². The lowest BCUT2D eigenvalue weighted by molar-refractivity contribution is -0.128. The molecule has 3 N–H and O–H groups in total. The number of aromatic nitrogens is 1. The molecule has 1 atom stereocenters. The van der Waals surface area contributed by atoms with Crippen LogP contribution in [0.2, 0.25) is 0 Å². The summed E-state index contributed by atoms with van der Waals surface area (Å²) in [5.41, 5.74) is 6.19. The van der Waals surface area contributed by atoms with Crippen molar-refractivity contribution in [3.05, 3.63) is 15.6 Å². The second-order valence-electron chi connectivity index (χ2n) is 5.50. The van der Waals surface area contributed by atoms with Crippen molar-refractivity contribution in [1.29, 1.82) is 0 Å². The number of carbonyl (C=O) groups is 2. The molecule has 0 radical (unpaired) electrons. The van der Waals surface area contributed by atoms with Crippen LogP contribution in [0.5, 0.6) is 0 Å². The zero-order chi connectivity index (χ0) is 15.4. The molecule has 2 amide bonds. The Morgan fingerprint density at radius 3 is 2.86 bits per heavy atom. The first-order valence-electron chi connectivity index (χ1n) is 7.17. The summed E-state index contributed by atoms with van der Waals surface area (Å²) >= 11 is 1.61. The van der Waals surface area contributed by atoms with Crippen molar-refractivity contribution in [2.45, 2.75) is 33.2 Å². The summed E-state index contributed by atoms with van der Waals surface area (Å²) in [6, 6.07) is 0. The van der Waals surface area contributed by atoms with E-state index < -0.39 is 0 Å². The third-order valence-corrected chi connectivity index (χ3v) is 4.75. The predicted octanol–water partition coefficient (Wildman–Crippen LogP) is 0.573. The molecule has 1 aliphatic heterocycles. The fraction of sp³-hybridized carbons (Fsp3) is 0.643. The highest BCUT2D eigenvalue weighted by atomic mass is 32.1. The molecular formula is C14H22N4O2S. The van der Waals surface area contributed by atoms with E-state index >= 15 is 0 Å². The monoisotopic (exact) mass is 310 g/mol. The van der Waals surface area contributed by atoms with Crippen LogP contribution in [0.3, 0.4) is 0 Å². The van der Waals surface area contributed by atoms with Gasteiger partial charge in [-0.25, -0.2) is 4.98 Å². The number of carbonyl (C=O) groups excluding carboxylic acids is 2. The van der Waals surface area contributed by atoms with Crippen molar-refractivity contribution in [3.8, 4) is 0 Å². The molecule has 1 fully saturated rings. The molecule has 0 unspecified atom stereocenters. The number of hydrogen-bond donors (Lipinski definition) is 2. The fourth-order valence-corrected chi connectivity index (χ4v) is 3.56. The Labute approximate surface area is 128 Å². The Bertz CT molecular complexity index is 529. The van der Waals surface area contributed by atoms with Gasteiger partial charge in [0, 0.05) is 11.4 Å². The molecule has 0 spiro atoms. The normalized spacial score (nSPS) is 19.4. The van der Waals surface area contributed by atoms with Gasteiger partial charge in [0.25, 0.3) is 0 Å². The maximum Gasteiger partial charge on any atom is 0.231 e. The van der Waals surface area contributed by atoms with Gasteiger partial charge in [-0.15, -0.1) is 11.3 Å². The van der Waals surface area contributed by atoms with E-state index in [0.717, 1.165) is 35.0 Å². The van der Waals surface area contributed by atoms with Gasteiger partial charge in [-0.3, -0.25) is 14.5 Å².